The molecule has 4 fully saturated rings. The molecule has 1 aliphatic heterocycles. The summed E-state index contributed by atoms with van der Waals surface area (Å²) in [5.41, 5.74) is 1.33. The molecule has 1 unspecified atom stereocenters. The number of carboxylic acid groups (broad SMARTS) is 2. The number of benzene rings is 3. The number of rotatable bonds is 14. The third kappa shape index (κ3) is 10.0. The molecule has 2 aromatic rings. The van der Waals surface area contributed by atoms with Crippen LogP contribution in [0.2, 0.25) is 0 Å². The molecule has 0 saturated heterocycles. The molecular weight excluding hydrogens is 886 g/mol. The van der Waals surface area contributed by atoms with E-state index in [2.05, 4.69) is 36.7 Å². The fourth-order valence-electron chi connectivity index (χ4n) is 13.2. The molecule has 0 spiro atoms. The molecule has 14 nitrogen and oxygen atoms in total. The van der Waals surface area contributed by atoms with Gasteiger partial charge in [0.15, 0.2) is 10.5 Å². The van der Waals surface area contributed by atoms with Crippen molar-refractivity contribution >= 4 is 51.8 Å². The summed E-state index contributed by atoms with van der Waals surface area (Å²) in [5, 5.41) is 76.0. The van der Waals surface area contributed by atoms with Crippen LogP contribution in [0.1, 0.15) is 108 Å². The predicted octanol–water partition coefficient (Wildman–Crippen LogP) is 3.04. The Bertz CT molecular complexity index is 2540. The maximum Gasteiger partial charge on any atom is 1.00 e. The second-order valence-electron chi connectivity index (χ2n) is 20.2. The number of unbranched alkanes of at least 4 members (excludes halogenated alkanes) is 1. The minimum atomic E-state index is -1.36. The SMILES string of the molecule is C[C@H](CCC(=O)N[C@H](CCCCNC(=S)Nc1ccc(-c2c3ccc(=O)cc-3oc3cc(O)ccc23)c(C(=O)O)c1)C(=O)[O-])[C@H]1CCC2[C@@H]3[C@H](O)C[C@@H]4C[C@H](O)CC[C@]4(C)[C@H]3C[C@H](O)[C@@]21C.[Na+]. The van der Waals surface area contributed by atoms with E-state index in [1.54, 1.807) is 24.3 Å². The third-order valence-corrected chi connectivity index (χ3v) is 16.9. The first-order valence-corrected chi connectivity index (χ1v) is 24.0. The van der Waals surface area contributed by atoms with Crippen molar-refractivity contribution in [2.45, 2.75) is 122 Å². The number of carbonyl (C=O) groups excluding carboxylic acids is 2. The summed E-state index contributed by atoms with van der Waals surface area (Å²) >= 11 is 5.49. The molecule has 12 atom stereocenters. The van der Waals surface area contributed by atoms with Crippen LogP contribution in [0.3, 0.4) is 0 Å². The normalized spacial score (nSPS) is 29.6. The van der Waals surface area contributed by atoms with E-state index in [-0.39, 0.29) is 129 Å². The van der Waals surface area contributed by atoms with Gasteiger partial charge in [0.25, 0.3) is 0 Å². The summed E-state index contributed by atoms with van der Waals surface area (Å²) in [7, 11) is 0. The Labute approximate surface area is 417 Å². The molecule has 16 heteroatoms. The Morgan fingerprint density at radius 1 is 0.925 bits per heavy atom. The van der Waals surface area contributed by atoms with Crippen molar-refractivity contribution in [3.8, 4) is 28.2 Å². The Hall–Kier alpha value is -4.09. The molecule has 0 radical (unpaired) electrons. The maximum atomic E-state index is 13.2. The zero-order valence-corrected chi connectivity index (χ0v) is 41.6. The third-order valence-electron chi connectivity index (χ3n) is 16.6. The van der Waals surface area contributed by atoms with E-state index in [1.165, 1.54) is 30.3 Å². The van der Waals surface area contributed by atoms with Crippen LogP contribution in [0.25, 0.3) is 33.4 Å². The Morgan fingerprint density at radius 3 is 2.43 bits per heavy atom. The average molecular weight is 948 g/mol. The van der Waals surface area contributed by atoms with Crippen LogP contribution in [0, 0.1) is 46.3 Å². The number of nitrogens with one attached hydrogen (secondary N) is 3. The Kier molecular flexibility index (Phi) is 15.5. The maximum absolute atomic E-state index is 13.2. The van der Waals surface area contributed by atoms with Gasteiger partial charge in [0, 0.05) is 47.3 Å². The smallest absolute Gasteiger partial charge is 0.548 e. The van der Waals surface area contributed by atoms with E-state index in [4.69, 9.17) is 16.6 Å². The van der Waals surface area contributed by atoms with Gasteiger partial charge >= 0.3 is 35.5 Å². The molecule has 8 N–H and O–H groups in total. The van der Waals surface area contributed by atoms with Crippen molar-refractivity contribution in [1.82, 2.24) is 10.6 Å². The van der Waals surface area contributed by atoms with Crippen molar-refractivity contribution in [3.05, 3.63) is 70.4 Å². The van der Waals surface area contributed by atoms with Gasteiger partial charge in [-0.2, -0.15) is 0 Å². The Morgan fingerprint density at radius 2 is 1.69 bits per heavy atom. The van der Waals surface area contributed by atoms with Gasteiger partial charge < -0.3 is 55.8 Å². The average Bonchev–Trinajstić information content (AvgIpc) is 3.63. The van der Waals surface area contributed by atoms with Crippen LogP contribution in [-0.2, 0) is 9.59 Å². The van der Waals surface area contributed by atoms with Crippen LogP contribution < -0.4 is 56.0 Å². The number of anilines is 1. The first-order chi connectivity index (χ1) is 31.4. The molecule has 4 saturated carbocycles. The number of phenols is 1. The first-order valence-electron chi connectivity index (χ1n) is 23.6. The molecule has 354 valence electrons. The largest absolute Gasteiger partial charge is 1.00 e. The number of carboxylic acids is 2. The van der Waals surface area contributed by atoms with Crippen LogP contribution in [0.5, 0.6) is 5.75 Å². The second kappa shape index (κ2) is 20.5. The predicted molar refractivity (Wildman–Crippen MR) is 251 cm³/mol. The summed E-state index contributed by atoms with van der Waals surface area (Å²) in [6.45, 7) is 6.99. The Balaban J connectivity index is 0.00000666. The quantitative estimate of drug-likeness (QED) is 0.0393. The monoisotopic (exact) mass is 947 g/mol. The van der Waals surface area contributed by atoms with Gasteiger partial charge in [-0.1, -0.05) is 26.8 Å². The fraction of sp³-hybridized carbons (Fsp3) is 0.549. The van der Waals surface area contributed by atoms with Crippen LogP contribution in [0.4, 0.5) is 5.69 Å². The molecule has 1 amide bonds. The standard InChI is InChI=1S/C51H63N3O11S.Na/c1-26(36-14-15-37-46-38(25-43(59)51(36,37)3)50(2)18-17-31(57)20-27(50)21-40(46)58)7-16-44(60)54-39(48(63)64)6-4-5-19-52-49(66)53-28-8-11-32(35(22-28)47(61)62)45-33-12-9-29(55)23-41(33)65-42-24-30(56)10-13-34(42)45;/h8-13,22-24,26-27,31,36-40,43,46,55,57-59H,4-7,14-21,25H2,1-3H3,(H,54,60)(H,61,62)(H,63,64)(H2,52,53,66);/q;+1/p-1/t26-,27+,31-,36-,37?,38+,39-,40-,43+,46+,50+,51-;/m1./s1. The summed E-state index contributed by atoms with van der Waals surface area (Å²) in [6.07, 6.45) is 6.00. The van der Waals surface area contributed by atoms with E-state index >= 15 is 0 Å². The molecular formula is C51H62N3NaO11S. The molecule has 2 aromatic carbocycles. The zero-order chi connectivity index (χ0) is 47.2. The van der Waals surface area contributed by atoms with Crippen molar-refractivity contribution in [3.63, 3.8) is 0 Å². The molecule has 1 heterocycles. The number of amides is 1. The van der Waals surface area contributed by atoms with Gasteiger partial charge in [0.1, 0.15) is 17.1 Å². The van der Waals surface area contributed by atoms with Crippen molar-refractivity contribution in [2.75, 3.05) is 11.9 Å². The number of aromatic carboxylic acids is 1. The number of hydrogen-bond acceptors (Lipinski definition) is 11. The molecule has 5 aliphatic carbocycles. The van der Waals surface area contributed by atoms with E-state index < -0.39 is 35.6 Å². The molecule has 0 bridgehead atoms. The number of aromatic hydroxyl groups is 1. The second-order valence-corrected chi connectivity index (χ2v) is 20.6. The number of thiocarbonyl (C=S) groups is 1. The zero-order valence-electron chi connectivity index (χ0n) is 38.8. The number of fused-ring (bicyclic) bond motifs is 7. The molecule has 0 aromatic heterocycles. The van der Waals surface area contributed by atoms with E-state index in [9.17, 15) is 49.8 Å². The number of phenolic OH excluding ortho intramolecular Hbond substituents is 1. The number of carbonyl (C=O) groups is 3. The van der Waals surface area contributed by atoms with Crippen molar-refractivity contribution in [2.24, 2.45) is 46.3 Å². The van der Waals surface area contributed by atoms with E-state index in [0.717, 1.165) is 25.7 Å². The van der Waals surface area contributed by atoms with Crippen molar-refractivity contribution < 1.29 is 79.0 Å². The minimum Gasteiger partial charge on any atom is -0.548 e. The van der Waals surface area contributed by atoms with E-state index in [0.29, 0.717) is 72.8 Å². The van der Waals surface area contributed by atoms with Gasteiger partial charge in [-0.25, -0.2) is 4.79 Å². The van der Waals surface area contributed by atoms with E-state index in [1.807, 2.05) is 0 Å². The number of hydrogen-bond donors (Lipinski definition) is 8. The van der Waals surface area contributed by atoms with Gasteiger partial charge in [-0.15, -0.1) is 0 Å². The van der Waals surface area contributed by atoms with Crippen LogP contribution in [0.15, 0.2) is 63.8 Å². The van der Waals surface area contributed by atoms with Gasteiger partial charge in [-0.05, 0) is 171 Å². The summed E-state index contributed by atoms with van der Waals surface area (Å²) in [6, 6.07) is 12.3. The fourth-order valence-corrected chi connectivity index (χ4v) is 13.4. The van der Waals surface area contributed by atoms with Gasteiger partial charge in [-0.3, -0.25) is 9.59 Å². The number of aliphatic hydroxyl groups excluding tert-OH is 3. The molecule has 67 heavy (non-hydrogen) atoms. The molecule has 6 aliphatic rings. The van der Waals surface area contributed by atoms with Crippen LogP contribution >= 0.6 is 12.2 Å². The van der Waals surface area contributed by atoms with Crippen molar-refractivity contribution in [1.29, 1.82) is 0 Å². The first kappa shape index (κ1) is 50.8. The summed E-state index contributed by atoms with van der Waals surface area (Å²) in [4.78, 5) is 50.1. The number of aliphatic carboxylic acids is 1. The van der Waals surface area contributed by atoms with Crippen LogP contribution in [-0.4, -0.2) is 79.4 Å². The summed E-state index contributed by atoms with van der Waals surface area (Å²) in [5.74, 6) is -1.78. The minimum absolute atomic E-state index is 0. The number of aliphatic hydroxyl groups is 3. The topological polar surface area (TPSA) is 242 Å². The van der Waals surface area contributed by atoms with Gasteiger partial charge in [0.2, 0.25) is 5.91 Å². The van der Waals surface area contributed by atoms with Gasteiger partial charge in [0.05, 0.1) is 35.9 Å². The summed E-state index contributed by atoms with van der Waals surface area (Å²) < 4.78 is 5.91. The molecule has 8 rings (SSSR count).